The Labute approximate surface area is 158 Å². The Hall–Kier alpha value is -2.89. The minimum Gasteiger partial charge on any atom is -0.452 e. The quantitative estimate of drug-likeness (QED) is 0.777. The van der Waals surface area contributed by atoms with Crippen LogP contribution in [0.4, 0.5) is 10.1 Å². The Balaban J connectivity index is 1.51. The first-order chi connectivity index (χ1) is 13.0. The van der Waals surface area contributed by atoms with E-state index < -0.39 is 11.8 Å². The highest BCUT2D eigenvalue weighted by Gasteiger charge is 2.23. The highest BCUT2D eigenvalue weighted by atomic mass is 19.1. The van der Waals surface area contributed by atoms with E-state index in [2.05, 4.69) is 30.9 Å². The molecule has 0 atom stereocenters. The Morgan fingerprint density at radius 2 is 1.74 bits per heavy atom. The van der Waals surface area contributed by atoms with E-state index >= 15 is 0 Å². The maximum Gasteiger partial charge on any atom is 0.338 e. The molecule has 0 bridgehead atoms. The molecule has 6 heteroatoms. The Morgan fingerprint density at radius 1 is 1.04 bits per heavy atom. The molecule has 0 N–H and O–H groups in total. The van der Waals surface area contributed by atoms with Gasteiger partial charge in [-0.2, -0.15) is 0 Å². The number of hydrogen-bond donors (Lipinski definition) is 0. The molecule has 3 rings (SSSR count). The van der Waals surface area contributed by atoms with Crippen LogP contribution in [0, 0.1) is 19.7 Å². The molecule has 27 heavy (non-hydrogen) atoms. The first-order valence-electron chi connectivity index (χ1n) is 8.97. The molecule has 0 aliphatic carbocycles. The molecular weight excluding hydrogens is 347 g/mol. The smallest absolute Gasteiger partial charge is 0.338 e. The lowest BCUT2D eigenvalue weighted by Gasteiger charge is -2.37. The van der Waals surface area contributed by atoms with Crippen LogP contribution in [0.5, 0.6) is 0 Å². The van der Waals surface area contributed by atoms with Crippen molar-refractivity contribution in [2.75, 3.05) is 37.7 Å². The molecule has 0 saturated carbocycles. The SMILES string of the molecule is Cc1cccc(N2CCN(C(=O)COC(=O)c3cccc(F)c3)CC2)c1C. The van der Waals surface area contributed by atoms with Gasteiger partial charge in [0.1, 0.15) is 5.82 Å². The zero-order valence-corrected chi connectivity index (χ0v) is 15.6. The van der Waals surface area contributed by atoms with E-state index in [1.807, 2.05) is 6.07 Å². The normalized spacial score (nSPS) is 14.2. The van der Waals surface area contributed by atoms with Crippen molar-refractivity contribution in [2.24, 2.45) is 0 Å². The number of ether oxygens (including phenoxy) is 1. The summed E-state index contributed by atoms with van der Waals surface area (Å²) in [6.45, 7) is 6.47. The lowest BCUT2D eigenvalue weighted by atomic mass is 10.1. The van der Waals surface area contributed by atoms with E-state index in [9.17, 15) is 14.0 Å². The highest BCUT2D eigenvalue weighted by Crippen LogP contribution is 2.23. The van der Waals surface area contributed by atoms with Crippen LogP contribution >= 0.6 is 0 Å². The van der Waals surface area contributed by atoms with Gasteiger partial charge in [-0.05, 0) is 49.2 Å². The second kappa shape index (κ2) is 8.20. The third kappa shape index (κ3) is 4.45. The number of benzene rings is 2. The number of halogens is 1. The van der Waals surface area contributed by atoms with Crippen LogP contribution in [0.2, 0.25) is 0 Å². The summed E-state index contributed by atoms with van der Waals surface area (Å²) in [5, 5.41) is 0. The minimum atomic E-state index is -0.697. The zero-order valence-electron chi connectivity index (χ0n) is 15.6. The molecule has 1 fully saturated rings. The lowest BCUT2D eigenvalue weighted by Crippen LogP contribution is -2.50. The number of rotatable bonds is 4. The predicted octanol–water partition coefficient (Wildman–Crippen LogP) is 2.95. The highest BCUT2D eigenvalue weighted by molar-refractivity contribution is 5.91. The van der Waals surface area contributed by atoms with E-state index in [0.717, 1.165) is 19.2 Å². The zero-order chi connectivity index (χ0) is 19.4. The van der Waals surface area contributed by atoms with Gasteiger partial charge in [-0.1, -0.05) is 18.2 Å². The summed E-state index contributed by atoms with van der Waals surface area (Å²) in [5.41, 5.74) is 3.79. The van der Waals surface area contributed by atoms with Gasteiger partial charge in [0, 0.05) is 31.9 Å². The third-order valence-corrected chi connectivity index (χ3v) is 4.94. The topological polar surface area (TPSA) is 49.9 Å². The van der Waals surface area contributed by atoms with Gasteiger partial charge >= 0.3 is 5.97 Å². The minimum absolute atomic E-state index is 0.0996. The molecule has 1 saturated heterocycles. The number of piperazine rings is 1. The molecule has 0 aromatic heterocycles. The van der Waals surface area contributed by atoms with Gasteiger partial charge in [-0.15, -0.1) is 0 Å². The van der Waals surface area contributed by atoms with Crippen molar-refractivity contribution in [3.63, 3.8) is 0 Å². The first kappa shape index (κ1) is 18.9. The van der Waals surface area contributed by atoms with Crippen LogP contribution in [-0.2, 0) is 9.53 Å². The Kier molecular flexibility index (Phi) is 5.74. The standard InChI is InChI=1S/C21H23FN2O3/c1-15-5-3-8-19(16(15)2)23-9-11-24(12-10-23)20(25)14-27-21(26)17-6-4-7-18(22)13-17/h3-8,13H,9-12,14H2,1-2H3. The second-order valence-corrected chi connectivity index (χ2v) is 6.67. The molecule has 5 nitrogen and oxygen atoms in total. The van der Waals surface area contributed by atoms with Crippen LogP contribution in [0.1, 0.15) is 21.5 Å². The van der Waals surface area contributed by atoms with Gasteiger partial charge in [-0.25, -0.2) is 9.18 Å². The molecule has 0 radical (unpaired) electrons. The van der Waals surface area contributed by atoms with Gasteiger partial charge in [-0.3, -0.25) is 4.79 Å². The largest absolute Gasteiger partial charge is 0.452 e. The molecule has 1 heterocycles. The van der Waals surface area contributed by atoms with Crippen molar-refractivity contribution >= 4 is 17.6 Å². The molecule has 1 aliphatic heterocycles. The van der Waals surface area contributed by atoms with Crippen molar-refractivity contribution in [2.45, 2.75) is 13.8 Å². The summed E-state index contributed by atoms with van der Waals surface area (Å²) in [6, 6.07) is 11.5. The number of esters is 1. The molecule has 142 valence electrons. The summed E-state index contributed by atoms with van der Waals surface area (Å²) in [6.07, 6.45) is 0. The van der Waals surface area contributed by atoms with E-state index in [1.54, 1.807) is 4.90 Å². The van der Waals surface area contributed by atoms with Crippen LogP contribution in [0.25, 0.3) is 0 Å². The number of carbonyl (C=O) groups is 2. The summed E-state index contributed by atoms with van der Waals surface area (Å²) >= 11 is 0. The molecule has 0 spiro atoms. The van der Waals surface area contributed by atoms with Crippen LogP contribution in [0.15, 0.2) is 42.5 Å². The van der Waals surface area contributed by atoms with Gasteiger partial charge < -0.3 is 14.5 Å². The van der Waals surface area contributed by atoms with Crippen LogP contribution in [0.3, 0.4) is 0 Å². The van der Waals surface area contributed by atoms with Crippen LogP contribution in [-0.4, -0.2) is 49.6 Å². The first-order valence-corrected chi connectivity index (χ1v) is 8.97. The van der Waals surface area contributed by atoms with Crippen molar-refractivity contribution in [1.82, 2.24) is 4.90 Å². The summed E-state index contributed by atoms with van der Waals surface area (Å²) in [4.78, 5) is 28.2. The fraction of sp³-hybridized carbons (Fsp3) is 0.333. The maximum atomic E-state index is 13.2. The predicted molar refractivity (Wildman–Crippen MR) is 101 cm³/mol. The maximum absolute atomic E-state index is 13.2. The van der Waals surface area contributed by atoms with Crippen LogP contribution < -0.4 is 4.90 Å². The Morgan fingerprint density at radius 3 is 2.44 bits per heavy atom. The summed E-state index contributed by atoms with van der Waals surface area (Å²) in [7, 11) is 0. The summed E-state index contributed by atoms with van der Waals surface area (Å²) < 4.78 is 18.2. The fourth-order valence-electron chi connectivity index (χ4n) is 3.19. The van der Waals surface area contributed by atoms with Gasteiger partial charge in [0.05, 0.1) is 5.56 Å². The molecule has 0 unspecified atom stereocenters. The average molecular weight is 370 g/mol. The van der Waals surface area contributed by atoms with Crippen molar-refractivity contribution in [1.29, 1.82) is 0 Å². The number of hydrogen-bond acceptors (Lipinski definition) is 4. The number of carbonyl (C=O) groups excluding carboxylic acids is 2. The monoisotopic (exact) mass is 370 g/mol. The molecule has 2 aromatic carbocycles. The summed E-state index contributed by atoms with van der Waals surface area (Å²) in [5.74, 6) is -1.45. The molecule has 2 aromatic rings. The third-order valence-electron chi connectivity index (χ3n) is 4.94. The molecular formula is C21H23FN2O3. The molecule has 1 aliphatic rings. The van der Waals surface area contributed by atoms with E-state index in [1.165, 1.54) is 35.0 Å². The number of anilines is 1. The van der Waals surface area contributed by atoms with Gasteiger partial charge in [0.2, 0.25) is 0 Å². The van der Waals surface area contributed by atoms with E-state index in [0.29, 0.717) is 13.1 Å². The number of nitrogens with zero attached hydrogens (tertiary/aromatic N) is 2. The fourth-order valence-corrected chi connectivity index (χ4v) is 3.19. The second-order valence-electron chi connectivity index (χ2n) is 6.67. The van der Waals surface area contributed by atoms with Gasteiger partial charge in [0.15, 0.2) is 6.61 Å². The Bertz CT molecular complexity index is 845. The van der Waals surface area contributed by atoms with Gasteiger partial charge in [0.25, 0.3) is 5.91 Å². The number of aryl methyl sites for hydroxylation is 1. The molecule has 1 amide bonds. The van der Waals surface area contributed by atoms with E-state index in [-0.39, 0.29) is 18.1 Å². The van der Waals surface area contributed by atoms with Crippen molar-refractivity contribution in [3.05, 3.63) is 65.0 Å². The average Bonchev–Trinajstić information content (AvgIpc) is 2.68. The van der Waals surface area contributed by atoms with Crippen molar-refractivity contribution < 1.29 is 18.7 Å². The number of amides is 1. The van der Waals surface area contributed by atoms with Crippen molar-refractivity contribution in [3.8, 4) is 0 Å². The van der Waals surface area contributed by atoms with E-state index in [4.69, 9.17) is 4.74 Å². The lowest BCUT2D eigenvalue weighted by molar-refractivity contribution is -0.134.